The van der Waals surface area contributed by atoms with Crippen LogP contribution in [0.25, 0.3) is 0 Å². The van der Waals surface area contributed by atoms with Gasteiger partial charge in [0.25, 0.3) is 0 Å². The zero-order chi connectivity index (χ0) is 20.8. The summed E-state index contributed by atoms with van der Waals surface area (Å²) in [5, 5.41) is 0. The fraction of sp³-hybridized carbons (Fsp3) is 0.292. The number of fused-ring (bicyclic) bond motifs is 5. The Hall–Kier alpha value is -3.41. The Labute approximate surface area is 174 Å². The van der Waals surface area contributed by atoms with Crippen LogP contribution in [0.15, 0.2) is 60.7 Å². The van der Waals surface area contributed by atoms with E-state index >= 15 is 0 Å². The average Bonchev–Trinajstić information content (AvgIpc) is 3.46. The summed E-state index contributed by atoms with van der Waals surface area (Å²) in [7, 11) is 1.57. The lowest BCUT2D eigenvalue weighted by molar-refractivity contribution is -0.123. The average molecular weight is 403 g/mol. The number of amides is 2. The normalized spacial score (nSPS) is 26.2. The second-order valence-corrected chi connectivity index (χ2v) is 7.95. The Balaban J connectivity index is 1.24. The van der Waals surface area contributed by atoms with Gasteiger partial charge in [0.2, 0.25) is 11.8 Å². The van der Waals surface area contributed by atoms with Crippen LogP contribution in [0.5, 0.6) is 11.5 Å². The molecule has 2 bridgehead atoms. The largest absolute Gasteiger partial charge is 0.497 e. The number of allylic oxidation sites excluding steroid dienone is 2. The molecule has 1 aliphatic heterocycles. The van der Waals surface area contributed by atoms with Crippen molar-refractivity contribution in [3.05, 3.63) is 66.2 Å². The Bertz CT molecular complexity index is 1010. The van der Waals surface area contributed by atoms with E-state index in [0.717, 1.165) is 6.42 Å². The van der Waals surface area contributed by atoms with E-state index in [-0.39, 0.29) is 47.9 Å². The number of ketones is 1. The van der Waals surface area contributed by atoms with E-state index in [9.17, 15) is 14.4 Å². The van der Waals surface area contributed by atoms with Crippen LogP contribution in [0.4, 0.5) is 5.69 Å². The molecule has 152 valence electrons. The van der Waals surface area contributed by atoms with Crippen molar-refractivity contribution >= 4 is 23.3 Å². The van der Waals surface area contributed by atoms with Gasteiger partial charge in [-0.1, -0.05) is 12.2 Å². The van der Waals surface area contributed by atoms with E-state index in [1.165, 1.54) is 4.90 Å². The summed E-state index contributed by atoms with van der Waals surface area (Å²) in [6.07, 6.45) is 5.07. The summed E-state index contributed by atoms with van der Waals surface area (Å²) >= 11 is 0. The molecule has 3 aliphatic rings. The van der Waals surface area contributed by atoms with E-state index in [1.807, 2.05) is 0 Å². The molecule has 4 atom stereocenters. The van der Waals surface area contributed by atoms with Gasteiger partial charge in [-0.25, -0.2) is 0 Å². The highest BCUT2D eigenvalue weighted by Gasteiger charge is 2.59. The van der Waals surface area contributed by atoms with Gasteiger partial charge in [-0.2, -0.15) is 0 Å². The fourth-order valence-corrected chi connectivity index (χ4v) is 4.86. The van der Waals surface area contributed by atoms with Crippen molar-refractivity contribution in [1.82, 2.24) is 0 Å². The minimum atomic E-state index is -0.217. The maximum atomic E-state index is 12.9. The predicted molar refractivity (Wildman–Crippen MR) is 109 cm³/mol. The number of hydrogen-bond donors (Lipinski definition) is 0. The highest BCUT2D eigenvalue weighted by Crippen LogP contribution is 2.53. The second-order valence-electron chi connectivity index (χ2n) is 7.95. The number of rotatable bonds is 6. The molecule has 1 heterocycles. The lowest BCUT2D eigenvalue weighted by atomic mass is 9.85. The van der Waals surface area contributed by atoms with Gasteiger partial charge in [-0.05, 0) is 66.8 Å². The minimum Gasteiger partial charge on any atom is -0.497 e. The number of imide groups is 1. The molecule has 0 spiro atoms. The molecule has 2 aromatic carbocycles. The maximum absolute atomic E-state index is 12.9. The molecule has 0 N–H and O–H groups in total. The number of hydrogen-bond acceptors (Lipinski definition) is 5. The van der Waals surface area contributed by atoms with Crippen LogP contribution in [-0.4, -0.2) is 31.3 Å². The molecular formula is C24H21NO5. The molecule has 4 unspecified atom stereocenters. The molecule has 2 aromatic rings. The summed E-state index contributed by atoms with van der Waals surface area (Å²) in [6, 6.07) is 13.6. The molecule has 6 nitrogen and oxygen atoms in total. The van der Waals surface area contributed by atoms with Gasteiger partial charge in [0.15, 0.2) is 12.4 Å². The third-order valence-corrected chi connectivity index (χ3v) is 6.35. The van der Waals surface area contributed by atoms with Crippen LogP contribution in [-0.2, 0) is 9.59 Å². The van der Waals surface area contributed by atoms with Gasteiger partial charge in [0.1, 0.15) is 11.5 Å². The topological polar surface area (TPSA) is 72.9 Å². The van der Waals surface area contributed by atoms with Crippen LogP contribution in [0.2, 0.25) is 0 Å². The summed E-state index contributed by atoms with van der Waals surface area (Å²) in [5.74, 6) is 0.763. The number of carbonyl (C=O) groups excluding carboxylic acids is 3. The lowest BCUT2D eigenvalue weighted by Crippen LogP contribution is -2.32. The second kappa shape index (κ2) is 7.13. The first-order valence-electron chi connectivity index (χ1n) is 10.0. The maximum Gasteiger partial charge on any atom is 0.238 e. The number of benzene rings is 2. The first-order chi connectivity index (χ1) is 14.6. The lowest BCUT2D eigenvalue weighted by Gasteiger charge is -2.17. The predicted octanol–water partition coefficient (Wildman–Crippen LogP) is 3.27. The van der Waals surface area contributed by atoms with Gasteiger partial charge in [-0.3, -0.25) is 19.3 Å². The van der Waals surface area contributed by atoms with Gasteiger partial charge >= 0.3 is 0 Å². The monoisotopic (exact) mass is 403 g/mol. The number of anilines is 1. The molecular weight excluding hydrogens is 382 g/mol. The first-order valence-corrected chi connectivity index (χ1v) is 10.0. The molecule has 2 fully saturated rings. The van der Waals surface area contributed by atoms with Gasteiger partial charge in [-0.15, -0.1) is 0 Å². The van der Waals surface area contributed by atoms with E-state index in [2.05, 4.69) is 12.2 Å². The number of methoxy groups -OCH3 is 1. The molecule has 1 saturated carbocycles. The highest BCUT2D eigenvalue weighted by atomic mass is 16.5. The number of carbonyl (C=O) groups is 3. The molecule has 30 heavy (non-hydrogen) atoms. The van der Waals surface area contributed by atoms with Crippen molar-refractivity contribution in [2.24, 2.45) is 23.7 Å². The number of Topliss-reactive ketones (excluding diaryl/α,β-unsaturated/α-hetero) is 1. The van der Waals surface area contributed by atoms with Crippen LogP contribution in [0.1, 0.15) is 16.8 Å². The zero-order valence-corrected chi connectivity index (χ0v) is 16.5. The van der Waals surface area contributed by atoms with Crippen LogP contribution in [0, 0.1) is 23.7 Å². The summed E-state index contributed by atoms with van der Waals surface area (Å²) in [4.78, 5) is 39.4. The molecule has 2 aliphatic carbocycles. The van der Waals surface area contributed by atoms with Crippen molar-refractivity contribution in [3.8, 4) is 11.5 Å². The zero-order valence-electron chi connectivity index (χ0n) is 16.5. The van der Waals surface area contributed by atoms with Crippen LogP contribution in [0.3, 0.4) is 0 Å². The van der Waals surface area contributed by atoms with Crippen LogP contribution < -0.4 is 14.4 Å². The highest BCUT2D eigenvalue weighted by molar-refractivity contribution is 6.22. The van der Waals surface area contributed by atoms with Crippen molar-refractivity contribution in [2.75, 3.05) is 18.6 Å². The smallest absolute Gasteiger partial charge is 0.238 e. The fourth-order valence-electron chi connectivity index (χ4n) is 4.86. The molecule has 0 aromatic heterocycles. The third kappa shape index (κ3) is 2.91. The van der Waals surface area contributed by atoms with Crippen molar-refractivity contribution in [2.45, 2.75) is 6.42 Å². The molecule has 0 radical (unpaired) electrons. The first kappa shape index (κ1) is 18.6. The van der Waals surface area contributed by atoms with Crippen LogP contribution >= 0.6 is 0 Å². The van der Waals surface area contributed by atoms with Crippen molar-refractivity contribution < 1.29 is 23.9 Å². The third-order valence-electron chi connectivity index (χ3n) is 6.35. The molecule has 2 amide bonds. The standard InChI is InChI=1S/C24H21NO5/c1-29-18-8-4-14(5-9-18)20(26)13-30-19-10-6-17(7-11-19)25-23(27)21-15-2-3-16(12-15)22(21)24(25)28/h2-11,15-16,21-22H,12-13H2,1H3. The Morgan fingerprint density at radius 3 is 2.03 bits per heavy atom. The molecule has 5 rings (SSSR count). The van der Waals surface area contributed by atoms with Gasteiger partial charge < -0.3 is 9.47 Å². The Morgan fingerprint density at radius 2 is 1.47 bits per heavy atom. The Morgan fingerprint density at radius 1 is 0.900 bits per heavy atom. The van der Waals surface area contributed by atoms with E-state index in [0.29, 0.717) is 22.7 Å². The summed E-state index contributed by atoms with van der Waals surface area (Å²) in [6.45, 7) is -0.105. The molecule has 6 heteroatoms. The van der Waals surface area contributed by atoms with Gasteiger partial charge in [0.05, 0.1) is 24.6 Å². The Kier molecular flexibility index (Phi) is 4.42. The summed E-state index contributed by atoms with van der Waals surface area (Å²) < 4.78 is 10.7. The SMILES string of the molecule is COc1ccc(C(=O)COc2ccc(N3C(=O)C4C5C=CC(C5)C4C3=O)cc2)cc1. The summed E-state index contributed by atoms with van der Waals surface area (Å²) in [5.41, 5.74) is 1.09. The number of ether oxygens (including phenoxy) is 2. The minimum absolute atomic E-state index is 0.105. The number of nitrogens with zero attached hydrogens (tertiary/aromatic N) is 1. The van der Waals surface area contributed by atoms with E-state index < -0.39 is 0 Å². The van der Waals surface area contributed by atoms with E-state index in [1.54, 1.807) is 55.6 Å². The van der Waals surface area contributed by atoms with Gasteiger partial charge in [0, 0.05) is 5.56 Å². The van der Waals surface area contributed by atoms with E-state index in [4.69, 9.17) is 9.47 Å². The quantitative estimate of drug-likeness (QED) is 0.421. The van der Waals surface area contributed by atoms with Crippen molar-refractivity contribution in [1.29, 1.82) is 0 Å². The van der Waals surface area contributed by atoms with Crippen molar-refractivity contribution in [3.63, 3.8) is 0 Å². The molecule has 1 saturated heterocycles.